The summed E-state index contributed by atoms with van der Waals surface area (Å²) in [5, 5.41) is 11.7. The van der Waals surface area contributed by atoms with Gasteiger partial charge in [0.2, 0.25) is 5.91 Å². The monoisotopic (exact) mass is 294 g/mol. The van der Waals surface area contributed by atoms with Crippen LogP contribution in [0.4, 0.5) is 5.69 Å². The maximum Gasteiger partial charge on any atom is 0.238 e. The van der Waals surface area contributed by atoms with Crippen molar-refractivity contribution in [2.45, 2.75) is 6.92 Å². The number of hydrogen-bond donors (Lipinski definition) is 2. The van der Waals surface area contributed by atoms with Gasteiger partial charge >= 0.3 is 0 Å². The largest absolute Gasteiger partial charge is 0.395 e. The van der Waals surface area contributed by atoms with Gasteiger partial charge in [-0.05, 0) is 19.1 Å². The zero-order chi connectivity index (χ0) is 15.7. The number of amides is 1. The average Bonchev–Trinajstić information content (AvgIpc) is 2.45. The molecule has 21 heavy (non-hydrogen) atoms. The molecule has 6 heteroatoms. The number of ether oxygens (including phenoxy) is 1. The van der Waals surface area contributed by atoms with Crippen LogP contribution in [-0.4, -0.2) is 61.7 Å². The van der Waals surface area contributed by atoms with Crippen molar-refractivity contribution in [1.29, 1.82) is 0 Å². The number of aliphatic hydroxyl groups is 1. The van der Waals surface area contributed by atoms with E-state index in [2.05, 4.69) is 5.32 Å². The number of nitrogens with zero attached hydrogens (tertiary/aromatic N) is 1. The molecule has 0 aliphatic heterocycles. The van der Waals surface area contributed by atoms with Crippen molar-refractivity contribution in [3.63, 3.8) is 0 Å². The van der Waals surface area contributed by atoms with Crippen LogP contribution in [0.2, 0.25) is 0 Å². The molecule has 2 N–H and O–H groups in total. The summed E-state index contributed by atoms with van der Waals surface area (Å²) >= 11 is 0. The topological polar surface area (TPSA) is 78.9 Å². The summed E-state index contributed by atoms with van der Waals surface area (Å²) in [7, 11) is 1.59. The molecule has 116 valence electrons. The Morgan fingerprint density at radius 2 is 2.10 bits per heavy atom. The molecule has 0 aromatic heterocycles. The second-order valence-corrected chi connectivity index (χ2v) is 4.68. The highest BCUT2D eigenvalue weighted by Gasteiger charge is 2.11. The Labute approximate surface area is 124 Å². The number of methoxy groups -OCH3 is 1. The van der Waals surface area contributed by atoms with E-state index in [9.17, 15) is 9.59 Å². The van der Waals surface area contributed by atoms with Crippen LogP contribution in [0.15, 0.2) is 24.3 Å². The van der Waals surface area contributed by atoms with Gasteiger partial charge in [0.15, 0.2) is 5.78 Å². The van der Waals surface area contributed by atoms with Crippen LogP contribution >= 0.6 is 0 Å². The molecule has 0 aliphatic rings. The Morgan fingerprint density at radius 1 is 1.33 bits per heavy atom. The molecule has 0 radical (unpaired) electrons. The minimum Gasteiger partial charge on any atom is -0.395 e. The molecule has 0 heterocycles. The van der Waals surface area contributed by atoms with Gasteiger partial charge in [-0.25, -0.2) is 0 Å². The van der Waals surface area contributed by atoms with Gasteiger partial charge in [0, 0.05) is 31.5 Å². The smallest absolute Gasteiger partial charge is 0.238 e. The van der Waals surface area contributed by atoms with E-state index >= 15 is 0 Å². The quantitative estimate of drug-likeness (QED) is 0.658. The predicted octanol–water partition coefficient (Wildman–Crippen LogP) is 0.768. The third kappa shape index (κ3) is 6.48. The summed E-state index contributed by atoms with van der Waals surface area (Å²) < 4.78 is 4.97. The van der Waals surface area contributed by atoms with Crippen LogP contribution in [0.25, 0.3) is 0 Å². The van der Waals surface area contributed by atoms with Crippen molar-refractivity contribution in [1.82, 2.24) is 4.90 Å². The first-order valence-electron chi connectivity index (χ1n) is 6.80. The minimum atomic E-state index is -0.194. The normalized spacial score (nSPS) is 10.7. The van der Waals surface area contributed by atoms with Gasteiger partial charge in [0.1, 0.15) is 0 Å². The Kier molecular flexibility index (Phi) is 7.60. The van der Waals surface area contributed by atoms with Crippen LogP contribution in [0.1, 0.15) is 17.3 Å². The molecule has 0 aliphatic carbocycles. The number of carbonyl (C=O) groups is 2. The summed E-state index contributed by atoms with van der Waals surface area (Å²) in [6.45, 7) is 3.09. The van der Waals surface area contributed by atoms with Gasteiger partial charge in [0.05, 0.1) is 19.8 Å². The van der Waals surface area contributed by atoms with E-state index in [4.69, 9.17) is 9.84 Å². The first kappa shape index (κ1) is 17.3. The van der Waals surface area contributed by atoms with Crippen molar-refractivity contribution in [3.8, 4) is 0 Å². The number of Topliss-reactive ketones (excluding diaryl/α,β-unsaturated/α-hetero) is 1. The number of carbonyl (C=O) groups excluding carboxylic acids is 2. The van der Waals surface area contributed by atoms with Crippen molar-refractivity contribution in [2.75, 3.05) is 45.3 Å². The summed E-state index contributed by atoms with van der Waals surface area (Å²) in [4.78, 5) is 25.1. The Hall–Kier alpha value is -1.76. The molecule has 0 atom stereocenters. The van der Waals surface area contributed by atoms with E-state index in [0.717, 1.165) is 0 Å². The lowest BCUT2D eigenvalue weighted by molar-refractivity contribution is -0.117. The number of rotatable bonds is 9. The zero-order valence-electron chi connectivity index (χ0n) is 12.5. The van der Waals surface area contributed by atoms with Crippen LogP contribution in [0.3, 0.4) is 0 Å². The van der Waals surface area contributed by atoms with Crippen LogP contribution in [-0.2, 0) is 9.53 Å². The zero-order valence-corrected chi connectivity index (χ0v) is 12.5. The second kappa shape index (κ2) is 9.23. The third-order valence-corrected chi connectivity index (χ3v) is 2.95. The number of hydrogen-bond acceptors (Lipinski definition) is 5. The molecule has 1 amide bonds. The lowest BCUT2D eigenvalue weighted by Gasteiger charge is -2.20. The lowest BCUT2D eigenvalue weighted by Crippen LogP contribution is -2.37. The molecular formula is C15H22N2O4. The SMILES string of the molecule is COCCN(CCO)CC(=O)Nc1cccc(C(C)=O)c1. The van der Waals surface area contributed by atoms with Gasteiger partial charge in [-0.3, -0.25) is 14.5 Å². The molecule has 0 unspecified atom stereocenters. The van der Waals surface area contributed by atoms with Crippen LogP contribution < -0.4 is 5.32 Å². The highest BCUT2D eigenvalue weighted by molar-refractivity contribution is 5.97. The summed E-state index contributed by atoms with van der Waals surface area (Å²) in [5.41, 5.74) is 1.14. The number of aliphatic hydroxyl groups excluding tert-OH is 1. The van der Waals surface area contributed by atoms with Crippen molar-refractivity contribution >= 4 is 17.4 Å². The molecule has 0 fully saturated rings. The summed E-state index contributed by atoms with van der Waals surface area (Å²) in [6, 6.07) is 6.80. The molecule has 1 aromatic rings. The van der Waals surface area contributed by atoms with E-state index in [0.29, 0.717) is 30.9 Å². The molecule has 0 bridgehead atoms. The number of nitrogens with one attached hydrogen (secondary N) is 1. The van der Waals surface area contributed by atoms with Gasteiger partial charge < -0.3 is 15.2 Å². The van der Waals surface area contributed by atoms with E-state index in [1.54, 1.807) is 36.3 Å². The molecule has 0 saturated heterocycles. The maximum absolute atomic E-state index is 12.0. The first-order chi connectivity index (χ1) is 10.1. The van der Waals surface area contributed by atoms with Gasteiger partial charge in [-0.15, -0.1) is 0 Å². The molecule has 1 rings (SSSR count). The number of benzene rings is 1. The van der Waals surface area contributed by atoms with E-state index in [-0.39, 0.29) is 24.8 Å². The molecular weight excluding hydrogens is 272 g/mol. The summed E-state index contributed by atoms with van der Waals surface area (Å²) in [5.74, 6) is -0.242. The fourth-order valence-electron chi connectivity index (χ4n) is 1.85. The molecule has 0 spiro atoms. The second-order valence-electron chi connectivity index (χ2n) is 4.68. The number of ketones is 1. The van der Waals surface area contributed by atoms with E-state index in [1.165, 1.54) is 6.92 Å². The van der Waals surface area contributed by atoms with E-state index < -0.39 is 0 Å². The van der Waals surface area contributed by atoms with Crippen molar-refractivity contribution in [2.24, 2.45) is 0 Å². The fourth-order valence-corrected chi connectivity index (χ4v) is 1.85. The minimum absolute atomic E-state index is 0.0170. The Bertz CT molecular complexity index is 476. The van der Waals surface area contributed by atoms with Crippen molar-refractivity contribution in [3.05, 3.63) is 29.8 Å². The lowest BCUT2D eigenvalue weighted by atomic mass is 10.1. The van der Waals surface area contributed by atoms with Crippen molar-refractivity contribution < 1.29 is 19.4 Å². The highest BCUT2D eigenvalue weighted by Crippen LogP contribution is 2.11. The van der Waals surface area contributed by atoms with Crippen LogP contribution in [0.5, 0.6) is 0 Å². The highest BCUT2D eigenvalue weighted by atomic mass is 16.5. The Balaban J connectivity index is 2.58. The third-order valence-electron chi connectivity index (χ3n) is 2.95. The summed E-state index contributed by atoms with van der Waals surface area (Å²) in [6.07, 6.45) is 0. The van der Waals surface area contributed by atoms with Crippen LogP contribution in [0, 0.1) is 0 Å². The fraction of sp³-hybridized carbons (Fsp3) is 0.467. The standard InChI is InChI=1S/C15H22N2O4/c1-12(19)13-4-3-5-14(10-13)16-15(20)11-17(6-8-18)7-9-21-2/h3-5,10,18H,6-9,11H2,1-2H3,(H,16,20). The maximum atomic E-state index is 12.0. The van der Waals surface area contributed by atoms with Gasteiger partial charge in [-0.2, -0.15) is 0 Å². The average molecular weight is 294 g/mol. The number of anilines is 1. The molecule has 1 aromatic carbocycles. The Morgan fingerprint density at radius 3 is 2.71 bits per heavy atom. The van der Waals surface area contributed by atoms with Gasteiger partial charge in [0.25, 0.3) is 0 Å². The van der Waals surface area contributed by atoms with Gasteiger partial charge in [-0.1, -0.05) is 12.1 Å². The molecule has 6 nitrogen and oxygen atoms in total. The predicted molar refractivity (Wildman–Crippen MR) is 80.5 cm³/mol. The first-order valence-corrected chi connectivity index (χ1v) is 6.80. The molecule has 0 saturated carbocycles. The van der Waals surface area contributed by atoms with E-state index in [1.807, 2.05) is 0 Å².